The summed E-state index contributed by atoms with van der Waals surface area (Å²) >= 11 is 0. The number of hydrogen-bond donors (Lipinski definition) is 0. The maximum atomic E-state index is 11.3. The standard InChI is InChI=1S/C8H13NO2/c1-9-6-2-3-11-8(9)5-7(10)4-6/h6,8H,2-5H2,1H3/t6-,8+/m0/s1/i1D3. The van der Waals surface area contributed by atoms with E-state index in [1.54, 1.807) is 0 Å². The number of carbonyl (C=O) groups is 1. The summed E-state index contributed by atoms with van der Waals surface area (Å²) in [6, 6.07) is -0.150. The fourth-order valence-corrected chi connectivity index (χ4v) is 1.69. The van der Waals surface area contributed by atoms with E-state index in [4.69, 9.17) is 8.85 Å². The molecule has 0 N–H and O–H groups in total. The molecule has 2 aliphatic rings. The number of piperidine rings is 1. The van der Waals surface area contributed by atoms with Crippen LogP contribution in [0, 0.1) is 0 Å². The van der Waals surface area contributed by atoms with Gasteiger partial charge in [-0.3, -0.25) is 9.69 Å². The number of carbonyl (C=O) groups excluding carboxylic acids is 1. The van der Waals surface area contributed by atoms with Crippen molar-refractivity contribution in [2.75, 3.05) is 13.6 Å². The minimum Gasteiger partial charge on any atom is -0.363 e. The van der Waals surface area contributed by atoms with Gasteiger partial charge in [-0.25, -0.2) is 0 Å². The molecular formula is C8H13NO2. The molecule has 0 unspecified atom stereocenters. The lowest BCUT2D eigenvalue weighted by molar-refractivity contribution is -0.155. The molecule has 2 heterocycles. The lowest BCUT2D eigenvalue weighted by Crippen LogP contribution is -2.52. The van der Waals surface area contributed by atoms with Crippen molar-refractivity contribution in [3.63, 3.8) is 0 Å². The number of rotatable bonds is 0. The lowest BCUT2D eigenvalue weighted by atomic mass is 9.96. The molecule has 2 fully saturated rings. The van der Waals surface area contributed by atoms with Crippen molar-refractivity contribution in [3.8, 4) is 0 Å². The highest BCUT2D eigenvalue weighted by molar-refractivity contribution is 5.80. The summed E-state index contributed by atoms with van der Waals surface area (Å²) in [6.45, 7) is -1.58. The normalized spacial score (nSPS) is 44.4. The molecular weight excluding hydrogens is 142 g/mol. The summed E-state index contributed by atoms with van der Waals surface area (Å²) in [6.07, 6.45) is 0.691. The Labute approximate surface area is 70.5 Å². The molecule has 3 nitrogen and oxygen atoms in total. The smallest absolute Gasteiger partial charge is 0.138 e. The van der Waals surface area contributed by atoms with Gasteiger partial charge in [0.2, 0.25) is 0 Å². The minimum atomic E-state index is -2.14. The Morgan fingerprint density at radius 3 is 3.36 bits per heavy atom. The van der Waals surface area contributed by atoms with Crippen LogP contribution in [0.25, 0.3) is 0 Å². The first-order valence-corrected chi connectivity index (χ1v) is 3.90. The first kappa shape index (κ1) is 4.58. The van der Waals surface area contributed by atoms with Crippen LogP contribution in [-0.4, -0.2) is 36.5 Å². The van der Waals surface area contributed by atoms with Gasteiger partial charge in [0.1, 0.15) is 12.0 Å². The van der Waals surface area contributed by atoms with E-state index >= 15 is 0 Å². The number of fused-ring (bicyclic) bond motifs is 2. The van der Waals surface area contributed by atoms with E-state index in [2.05, 4.69) is 0 Å². The van der Waals surface area contributed by atoms with Gasteiger partial charge in [-0.05, 0) is 13.4 Å². The third-order valence-corrected chi connectivity index (χ3v) is 2.33. The molecule has 0 amide bonds. The molecule has 2 bridgehead atoms. The zero-order valence-electron chi connectivity index (χ0n) is 9.25. The van der Waals surface area contributed by atoms with Crippen molar-refractivity contribution < 1.29 is 13.6 Å². The summed E-state index contributed by atoms with van der Waals surface area (Å²) in [5.74, 6) is 0.111. The first-order valence-electron chi connectivity index (χ1n) is 5.40. The van der Waals surface area contributed by atoms with Crippen molar-refractivity contribution >= 4 is 5.78 Å². The summed E-state index contributed by atoms with van der Waals surface area (Å²) in [5, 5.41) is 0. The molecule has 0 aliphatic carbocycles. The van der Waals surface area contributed by atoms with E-state index < -0.39 is 13.2 Å². The van der Waals surface area contributed by atoms with Crippen LogP contribution in [0.2, 0.25) is 0 Å². The average molecular weight is 158 g/mol. The van der Waals surface area contributed by atoms with Crippen LogP contribution in [0.15, 0.2) is 0 Å². The number of ketones is 1. The Kier molecular flexibility index (Phi) is 1.07. The van der Waals surface area contributed by atoms with E-state index in [-0.39, 0.29) is 18.2 Å². The van der Waals surface area contributed by atoms with E-state index in [1.165, 1.54) is 4.90 Å². The maximum Gasteiger partial charge on any atom is 0.138 e. The second kappa shape index (κ2) is 2.57. The van der Waals surface area contributed by atoms with Gasteiger partial charge in [-0.15, -0.1) is 0 Å². The maximum absolute atomic E-state index is 11.3. The predicted molar refractivity (Wildman–Crippen MR) is 40.1 cm³/mol. The van der Waals surface area contributed by atoms with Crippen molar-refractivity contribution in [1.29, 1.82) is 0 Å². The highest BCUT2D eigenvalue weighted by atomic mass is 16.5. The van der Waals surface area contributed by atoms with Crippen molar-refractivity contribution in [2.24, 2.45) is 0 Å². The average Bonchev–Trinajstić information content (AvgIpc) is 1.99. The molecule has 11 heavy (non-hydrogen) atoms. The Morgan fingerprint density at radius 2 is 2.64 bits per heavy atom. The molecule has 0 saturated carbocycles. The first-order chi connectivity index (χ1) is 6.48. The lowest BCUT2D eigenvalue weighted by Gasteiger charge is -2.42. The molecule has 2 atom stereocenters. The third kappa shape index (κ3) is 1.19. The van der Waals surface area contributed by atoms with E-state index in [1.807, 2.05) is 0 Å². The summed E-state index contributed by atoms with van der Waals surface area (Å²) in [4.78, 5) is 12.6. The van der Waals surface area contributed by atoms with Crippen LogP contribution in [0.5, 0.6) is 0 Å². The SMILES string of the molecule is [2H]C([2H])([2H])N1[C@H]2CCO[C@@H]1CC(=O)C2. The van der Waals surface area contributed by atoms with Crippen LogP contribution in [0.4, 0.5) is 0 Å². The second-order valence-electron chi connectivity index (χ2n) is 3.12. The number of hydrogen-bond acceptors (Lipinski definition) is 3. The largest absolute Gasteiger partial charge is 0.363 e. The molecule has 3 heteroatoms. The third-order valence-electron chi connectivity index (χ3n) is 2.33. The zero-order chi connectivity index (χ0) is 10.3. The molecule has 0 aromatic heterocycles. The van der Waals surface area contributed by atoms with Gasteiger partial charge < -0.3 is 4.74 Å². The van der Waals surface area contributed by atoms with Crippen LogP contribution >= 0.6 is 0 Å². The topological polar surface area (TPSA) is 29.5 Å². The van der Waals surface area contributed by atoms with E-state index in [0.29, 0.717) is 19.4 Å². The second-order valence-corrected chi connectivity index (χ2v) is 3.12. The minimum absolute atomic E-state index is 0.111. The Balaban J connectivity index is 2.21. The quantitative estimate of drug-likeness (QED) is 0.511. The summed E-state index contributed by atoms with van der Waals surface area (Å²) in [7, 11) is 0. The Hall–Kier alpha value is -0.410. The number of Topliss-reactive ketones (excluding diaryl/α,β-unsaturated/α-hetero) is 1. The van der Waals surface area contributed by atoms with Crippen LogP contribution < -0.4 is 0 Å². The Bertz CT molecular complexity index is 237. The molecule has 2 saturated heterocycles. The molecule has 2 aliphatic heterocycles. The number of nitrogens with zero attached hydrogens (tertiary/aromatic N) is 1. The molecule has 0 spiro atoms. The van der Waals surface area contributed by atoms with Gasteiger partial charge in [0.15, 0.2) is 0 Å². The molecule has 0 aromatic carbocycles. The van der Waals surface area contributed by atoms with Gasteiger partial charge in [0.05, 0.1) is 6.61 Å². The Morgan fingerprint density at radius 1 is 1.73 bits per heavy atom. The highest BCUT2D eigenvalue weighted by Crippen LogP contribution is 2.25. The fourth-order valence-electron chi connectivity index (χ4n) is 1.69. The molecule has 2 rings (SSSR count). The van der Waals surface area contributed by atoms with Crippen molar-refractivity contribution in [3.05, 3.63) is 0 Å². The zero-order valence-corrected chi connectivity index (χ0v) is 6.25. The van der Waals surface area contributed by atoms with Crippen molar-refractivity contribution in [2.45, 2.75) is 31.5 Å². The summed E-state index contributed by atoms with van der Waals surface area (Å²) < 4.78 is 27.4. The molecule has 0 aromatic rings. The monoisotopic (exact) mass is 158 g/mol. The van der Waals surface area contributed by atoms with Crippen LogP contribution in [0.3, 0.4) is 0 Å². The van der Waals surface area contributed by atoms with Crippen LogP contribution in [-0.2, 0) is 9.53 Å². The molecule has 62 valence electrons. The van der Waals surface area contributed by atoms with Crippen molar-refractivity contribution in [1.82, 2.24) is 4.90 Å². The van der Waals surface area contributed by atoms with Gasteiger partial charge in [-0.1, -0.05) is 0 Å². The van der Waals surface area contributed by atoms with Gasteiger partial charge in [-0.2, -0.15) is 0 Å². The van der Waals surface area contributed by atoms with Gasteiger partial charge >= 0.3 is 0 Å². The van der Waals surface area contributed by atoms with Gasteiger partial charge in [0, 0.05) is 23.0 Å². The predicted octanol–water partition coefficient (Wildman–Crippen LogP) is 0.396. The van der Waals surface area contributed by atoms with Gasteiger partial charge in [0.25, 0.3) is 0 Å². The highest BCUT2D eigenvalue weighted by Gasteiger charge is 2.35. The fraction of sp³-hybridized carbons (Fsp3) is 0.875. The summed E-state index contributed by atoms with van der Waals surface area (Å²) in [5.41, 5.74) is 0. The molecule has 0 radical (unpaired) electrons. The van der Waals surface area contributed by atoms with E-state index in [0.717, 1.165) is 0 Å². The van der Waals surface area contributed by atoms with Crippen LogP contribution in [0.1, 0.15) is 23.4 Å². The number of ether oxygens (including phenoxy) is 1. The van der Waals surface area contributed by atoms with E-state index in [9.17, 15) is 4.79 Å².